The van der Waals surface area contributed by atoms with E-state index in [0.717, 1.165) is 16.9 Å². The molecular formula is C20H16F9N3O4SSe. The first-order valence-electron chi connectivity index (χ1n) is 10.3. The van der Waals surface area contributed by atoms with Crippen LogP contribution in [0.15, 0.2) is 32.4 Å². The first-order valence-corrected chi connectivity index (χ1v) is 13.5. The summed E-state index contributed by atoms with van der Waals surface area (Å²) in [7, 11) is -6.05. The molecule has 0 radical (unpaired) electrons. The van der Waals surface area contributed by atoms with E-state index in [9.17, 15) is 57.5 Å². The van der Waals surface area contributed by atoms with Crippen LogP contribution in [0.25, 0.3) is 6.08 Å². The van der Waals surface area contributed by atoms with Gasteiger partial charge in [-0.25, -0.2) is 0 Å². The topological polar surface area (TPSA) is 86.8 Å². The molecule has 0 fully saturated rings. The summed E-state index contributed by atoms with van der Waals surface area (Å²) in [4.78, 5) is 23.6. The number of halogens is 9. The molecule has 0 unspecified atom stereocenters. The zero-order valence-electron chi connectivity index (χ0n) is 19.0. The van der Waals surface area contributed by atoms with Crippen molar-refractivity contribution in [1.29, 1.82) is 0 Å². The van der Waals surface area contributed by atoms with Crippen molar-refractivity contribution in [2.45, 2.75) is 38.4 Å². The predicted octanol–water partition coefficient (Wildman–Crippen LogP) is 3.58. The van der Waals surface area contributed by atoms with E-state index >= 15 is 0 Å². The Morgan fingerprint density at radius 1 is 1.00 bits per heavy atom. The van der Waals surface area contributed by atoms with Crippen molar-refractivity contribution in [2.24, 2.45) is 5.92 Å². The molecule has 3 rings (SSSR count). The van der Waals surface area contributed by atoms with Gasteiger partial charge in [0.1, 0.15) is 0 Å². The zero-order chi connectivity index (χ0) is 29.0. The van der Waals surface area contributed by atoms with Crippen LogP contribution in [0.5, 0.6) is 0 Å². The van der Waals surface area contributed by atoms with Gasteiger partial charge in [0.2, 0.25) is 0 Å². The van der Waals surface area contributed by atoms with Crippen LogP contribution in [0.1, 0.15) is 25.8 Å². The molecule has 2 aromatic rings. The number of nitrogens with one attached hydrogen (secondary N) is 1. The van der Waals surface area contributed by atoms with Crippen molar-refractivity contribution in [3.8, 4) is 0 Å². The number of anilines is 3. The molecule has 0 amide bonds. The molecule has 1 aliphatic rings. The Labute approximate surface area is 214 Å². The van der Waals surface area contributed by atoms with Crippen LogP contribution in [-0.2, 0) is 10.0 Å². The summed E-state index contributed by atoms with van der Waals surface area (Å²) in [5.74, 6) is 0.0679. The Morgan fingerprint density at radius 2 is 1.58 bits per heavy atom. The van der Waals surface area contributed by atoms with E-state index in [1.807, 2.05) is 13.8 Å². The maximum absolute atomic E-state index is 13.2. The van der Waals surface area contributed by atoms with Crippen molar-refractivity contribution in [1.82, 2.24) is 0 Å². The molecule has 0 bridgehead atoms. The molecule has 0 aliphatic carbocycles. The van der Waals surface area contributed by atoms with Crippen LogP contribution in [-0.4, -0.2) is 48.0 Å². The minimum absolute atomic E-state index is 0.0274. The van der Waals surface area contributed by atoms with Gasteiger partial charge in [0.25, 0.3) is 0 Å². The van der Waals surface area contributed by atoms with Crippen LogP contribution < -0.4 is 29.8 Å². The fourth-order valence-electron chi connectivity index (χ4n) is 3.36. The first-order chi connectivity index (χ1) is 17.1. The summed E-state index contributed by atoms with van der Waals surface area (Å²) < 4.78 is 141. The first kappa shape index (κ1) is 29.8. The molecule has 0 saturated heterocycles. The number of nitrogens with zero attached hydrogens (tertiary/aromatic N) is 2. The summed E-state index contributed by atoms with van der Waals surface area (Å²) in [6.45, 7) is 3.79. The van der Waals surface area contributed by atoms with Crippen LogP contribution in [0.4, 0.5) is 56.6 Å². The van der Waals surface area contributed by atoms with Gasteiger partial charge in [0.15, 0.2) is 0 Å². The normalized spacial score (nSPS) is 16.0. The van der Waals surface area contributed by atoms with Crippen LogP contribution in [0.2, 0.25) is 0 Å². The van der Waals surface area contributed by atoms with Crippen LogP contribution in [0.3, 0.4) is 0 Å². The molecule has 1 aliphatic heterocycles. The maximum atomic E-state index is 13.2. The molecule has 0 spiro atoms. The number of hydrogen-bond donors (Lipinski definition) is 1. The summed E-state index contributed by atoms with van der Waals surface area (Å²) in [5, 5.41) is 0. The molecule has 0 aromatic heterocycles. The zero-order valence-corrected chi connectivity index (χ0v) is 21.6. The van der Waals surface area contributed by atoms with E-state index in [-0.39, 0.29) is 27.2 Å². The molecule has 1 N–H and O–H groups in total. The van der Waals surface area contributed by atoms with E-state index in [1.54, 1.807) is 0 Å². The van der Waals surface area contributed by atoms with Gasteiger partial charge in [-0.1, -0.05) is 0 Å². The molecule has 1 heterocycles. The Kier molecular flexibility index (Phi) is 7.68. The van der Waals surface area contributed by atoms with E-state index in [2.05, 4.69) is 0 Å². The summed E-state index contributed by atoms with van der Waals surface area (Å²) in [6, 6.07) is 2.27. The van der Waals surface area contributed by atoms with Crippen molar-refractivity contribution in [3.05, 3.63) is 48.8 Å². The van der Waals surface area contributed by atoms with E-state index in [1.165, 1.54) is 4.90 Å². The van der Waals surface area contributed by atoms with Gasteiger partial charge in [-0.05, 0) is 0 Å². The van der Waals surface area contributed by atoms with Gasteiger partial charge < -0.3 is 0 Å². The minimum atomic E-state index is -6.05. The van der Waals surface area contributed by atoms with Gasteiger partial charge in [0.05, 0.1) is 0 Å². The quantitative estimate of drug-likeness (QED) is 0.215. The number of sulfonamides is 1. The number of alkyl halides is 9. The third-order valence-corrected chi connectivity index (χ3v) is 8.54. The molecule has 0 saturated carbocycles. The van der Waals surface area contributed by atoms with Crippen molar-refractivity contribution in [2.75, 3.05) is 21.1 Å². The van der Waals surface area contributed by atoms with Gasteiger partial charge >= 0.3 is 215 Å². The van der Waals surface area contributed by atoms with E-state index < -0.39 is 75.8 Å². The molecule has 0 atom stereocenters. The summed E-state index contributed by atoms with van der Waals surface area (Å²) in [5.41, 5.74) is -11.5. The van der Waals surface area contributed by atoms with Crippen molar-refractivity contribution in [3.63, 3.8) is 0 Å². The second-order valence-corrected chi connectivity index (χ2v) is 12.2. The number of hydrogen-bond acceptors (Lipinski definition) is 6. The Balaban J connectivity index is 2.09. The van der Waals surface area contributed by atoms with Gasteiger partial charge in [-0.2, -0.15) is 0 Å². The van der Waals surface area contributed by atoms with Gasteiger partial charge in [-0.15, -0.1) is 0 Å². The van der Waals surface area contributed by atoms with Gasteiger partial charge in [-0.3, -0.25) is 0 Å². The summed E-state index contributed by atoms with van der Waals surface area (Å²) in [6.07, 6.45) is -10.2. The second kappa shape index (κ2) is 9.79. The molecule has 2 aromatic carbocycles. The third-order valence-electron chi connectivity index (χ3n) is 5.17. The molecule has 210 valence electrons. The summed E-state index contributed by atoms with van der Waals surface area (Å²) >= 11 is -1.08. The van der Waals surface area contributed by atoms with Crippen LogP contribution >= 0.6 is 0 Å². The monoisotopic (exact) mass is 645 g/mol. The average Bonchev–Trinajstić information content (AvgIpc) is 3.07. The predicted molar refractivity (Wildman–Crippen MR) is 121 cm³/mol. The fraction of sp³-hybridized carbons (Fsp3) is 0.400. The Morgan fingerprint density at radius 3 is 2.08 bits per heavy atom. The number of fused-ring (bicyclic) bond motifs is 1. The van der Waals surface area contributed by atoms with Crippen molar-refractivity contribution < 1.29 is 47.9 Å². The standard InChI is InChI=1S/C20H16F9N3O4SSe/c1-9(2)5-6-31-12-4-3-10(32(18(21,22)23)19(24,25)26)7-13(12)38-14(31)8-11-15(17(34)16(11)33)30-37(35,36)20(27,28)29/h3-4,7-9,30H,5-6H2,1-2H3. The Hall–Kier alpha value is -2.72. The van der Waals surface area contributed by atoms with E-state index in [4.69, 9.17) is 0 Å². The molecule has 38 heavy (non-hydrogen) atoms. The van der Waals surface area contributed by atoms with Crippen molar-refractivity contribution >= 4 is 52.6 Å². The molecule has 7 nitrogen and oxygen atoms in total. The van der Waals surface area contributed by atoms with Gasteiger partial charge in [0, 0.05) is 0 Å². The second-order valence-electron chi connectivity index (χ2n) is 8.34. The number of benzene rings is 1. The number of rotatable bonds is 7. The Bertz CT molecular complexity index is 1430. The van der Waals surface area contributed by atoms with Crippen LogP contribution in [0, 0.1) is 5.92 Å². The SMILES string of the molecule is CC(C)CCN1C(=Cc2c(NS(=O)(=O)C(F)(F)F)c(=O)c2=O)[Se]c2cc(N(C(F)(F)F)C(F)(F)F)ccc21. The molecule has 18 heteroatoms. The average molecular weight is 644 g/mol. The molecular weight excluding hydrogens is 628 g/mol. The van der Waals surface area contributed by atoms with E-state index in [0.29, 0.717) is 18.6 Å². The third kappa shape index (κ3) is 5.81. The fourth-order valence-corrected chi connectivity index (χ4v) is 6.39.